The van der Waals surface area contributed by atoms with Crippen molar-refractivity contribution in [1.29, 1.82) is 0 Å². The highest BCUT2D eigenvalue weighted by Crippen LogP contribution is 2.45. The number of esters is 4. The number of carbonyl (C=O) groups excluding carboxylic acids is 4. The van der Waals surface area contributed by atoms with Crippen LogP contribution in [0, 0.1) is 0 Å². The van der Waals surface area contributed by atoms with Gasteiger partial charge in [-0.25, -0.2) is 9.13 Å². The summed E-state index contributed by atoms with van der Waals surface area (Å²) in [4.78, 5) is 73.0. The molecule has 0 saturated heterocycles. The minimum absolute atomic E-state index is 0.108. The molecule has 0 aliphatic carbocycles. The van der Waals surface area contributed by atoms with Gasteiger partial charge in [0.25, 0.3) is 0 Å². The summed E-state index contributed by atoms with van der Waals surface area (Å²) in [6.07, 6.45) is 66.5. The van der Waals surface area contributed by atoms with Gasteiger partial charge in [-0.05, 0) is 25.7 Å². The van der Waals surface area contributed by atoms with Gasteiger partial charge in [0.2, 0.25) is 0 Å². The summed E-state index contributed by atoms with van der Waals surface area (Å²) in [5.74, 6) is -2.10. The molecule has 5 atom stereocenters. The van der Waals surface area contributed by atoms with Gasteiger partial charge in [0.15, 0.2) is 12.2 Å². The number of carbonyl (C=O) groups is 4. The van der Waals surface area contributed by atoms with Crippen LogP contribution in [0.25, 0.3) is 0 Å². The maximum atomic E-state index is 13.1. The Balaban J connectivity index is 5.22. The summed E-state index contributed by atoms with van der Waals surface area (Å²) < 4.78 is 68.7. The van der Waals surface area contributed by atoms with Crippen molar-refractivity contribution in [1.82, 2.24) is 0 Å². The van der Waals surface area contributed by atoms with E-state index in [0.717, 1.165) is 89.9 Å². The minimum atomic E-state index is -4.96. The van der Waals surface area contributed by atoms with Crippen LogP contribution in [-0.4, -0.2) is 96.7 Å². The van der Waals surface area contributed by atoms with Crippen LogP contribution in [-0.2, 0) is 65.4 Å². The average Bonchev–Trinajstić information content (AvgIpc) is 1.13. The van der Waals surface area contributed by atoms with E-state index in [0.29, 0.717) is 25.7 Å². The summed E-state index contributed by atoms with van der Waals surface area (Å²) in [5, 5.41) is 10.6. The molecule has 0 rings (SSSR count). The molecule has 0 aromatic rings. The van der Waals surface area contributed by atoms with Crippen LogP contribution >= 0.6 is 15.6 Å². The van der Waals surface area contributed by atoms with Crippen molar-refractivity contribution in [2.45, 2.75) is 451 Å². The van der Waals surface area contributed by atoms with E-state index in [9.17, 15) is 43.2 Å². The molecule has 0 aromatic carbocycles. The van der Waals surface area contributed by atoms with Crippen molar-refractivity contribution < 1.29 is 80.2 Å². The molecule has 588 valence electrons. The molecule has 0 aromatic heterocycles. The molecule has 0 amide bonds. The van der Waals surface area contributed by atoms with E-state index >= 15 is 0 Å². The van der Waals surface area contributed by atoms with Gasteiger partial charge in [0.1, 0.15) is 19.3 Å². The van der Waals surface area contributed by atoms with Gasteiger partial charge in [-0.3, -0.25) is 37.3 Å². The Hall–Kier alpha value is -1.94. The third-order valence-electron chi connectivity index (χ3n) is 18.9. The number of hydrogen-bond donors (Lipinski definition) is 3. The molecule has 0 radical (unpaired) electrons. The van der Waals surface area contributed by atoms with E-state index in [1.54, 1.807) is 0 Å². The molecule has 0 aliphatic rings. The summed E-state index contributed by atoms with van der Waals surface area (Å²) in [5.41, 5.74) is 0. The van der Waals surface area contributed by atoms with E-state index < -0.39 is 97.5 Å². The summed E-state index contributed by atoms with van der Waals surface area (Å²) in [7, 11) is -9.91. The number of ether oxygens (including phenoxy) is 4. The topological polar surface area (TPSA) is 237 Å². The summed E-state index contributed by atoms with van der Waals surface area (Å²) in [6, 6.07) is 0. The second-order valence-electron chi connectivity index (χ2n) is 28.8. The van der Waals surface area contributed by atoms with E-state index in [2.05, 4.69) is 27.7 Å². The fourth-order valence-electron chi connectivity index (χ4n) is 12.5. The van der Waals surface area contributed by atoms with E-state index in [1.165, 1.54) is 263 Å². The first-order chi connectivity index (χ1) is 48.2. The monoisotopic (exact) mass is 1450 g/mol. The number of phosphoric acid groups is 2. The number of hydrogen-bond acceptors (Lipinski definition) is 15. The molecule has 19 heteroatoms. The van der Waals surface area contributed by atoms with Crippen LogP contribution in [0.3, 0.4) is 0 Å². The van der Waals surface area contributed by atoms with Gasteiger partial charge in [-0.15, -0.1) is 0 Å². The standard InChI is InChI=1S/C80H156O17P2/c1-5-9-13-17-21-25-29-32-34-36-37-38-39-41-44-47-51-55-59-63-67-80(85)97-76(71-91-78(83)65-61-57-53-49-45-43-40-35-33-30-26-22-18-14-10-6-2)73-95-99(88,89)93-69-74(81)68-92-98(86,87)94-72-75(70-90-77(82)64-60-56-52-48-28-24-20-16-12-8-4)96-79(84)66-62-58-54-50-46-42-31-27-23-19-15-11-7-3/h74-76,81H,5-73H2,1-4H3,(H,86,87)(H,88,89)/t74-,75+,76+/m0/s1. The molecule has 0 aliphatic heterocycles. The van der Waals surface area contributed by atoms with Crippen LogP contribution in [0.4, 0.5) is 0 Å². The lowest BCUT2D eigenvalue weighted by atomic mass is 10.0. The zero-order valence-corrected chi connectivity index (χ0v) is 66.3. The predicted molar refractivity (Wildman–Crippen MR) is 405 cm³/mol. The van der Waals surface area contributed by atoms with Gasteiger partial charge in [0, 0.05) is 25.7 Å². The summed E-state index contributed by atoms with van der Waals surface area (Å²) >= 11 is 0. The molecule has 17 nitrogen and oxygen atoms in total. The van der Waals surface area contributed by atoms with Crippen molar-refractivity contribution >= 4 is 39.5 Å². The SMILES string of the molecule is CCCCCCCCCCCCCCCCCCCCCCC(=O)O[C@H](COC(=O)CCCCCCCCCCCCCCCCCC)COP(=O)(O)OC[C@@H](O)COP(=O)(O)OC[C@@H](COC(=O)CCCCCCCCCCCC)OC(=O)CCCCCCCCCCCCCCC. The molecule has 99 heavy (non-hydrogen) atoms. The maximum absolute atomic E-state index is 13.1. The van der Waals surface area contributed by atoms with Crippen LogP contribution in [0.2, 0.25) is 0 Å². The first kappa shape index (κ1) is 97.1. The van der Waals surface area contributed by atoms with Crippen molar-refractivity contribution in [3.8, 4) is 0 Å². The molecule has 0 spiro atoms. The molecule has 2 unspecified atom stereocenters. The molecule has 0 saturated carbocycles. The fourth-order valence-corrected chi connectivity index (χ4v) is 14.0. The van der Waals surface area contributed by atoms with Gasteiger partial charge in [0.05, 0.1) is 26.4 Å². The zero-order chi connectivity index (χ0) is 72.5. The number of phosphoric ester groups is 2. The minimum Gasteiger partial charge on any atom is -0.462 e. The second-order valence-corrected chi connectivity index (χ2v) is 31.7. The van der Waals surface area contributed by atoms with Crippen LogP contribution < -0.4 is 0 Å². The smallest absolute Gasteiger partial charge is 0.462 e. The second kappa shape index (κ2) is 74.3. The van der Waals surface area contributed by atoms with Crippen LogP contribution in [0.1, 0.15) is 432 Å². The highest BCUT2D eigenvalue weighted by Gasteiger charge is 2.30. The molecule has 0 fully saturated rings. The van der Waals surface area contributed by atoms with Gasteiger partial charge >= 0.3 is 39.5 Å². The lowest BCUT2D eigenvalue weighted by Crippen LogP contribution is -2.30. The number of unbranched alkanes of at least 4 members (excludes halogenated alkanes) is 55. The highest BCUT2D eigenvalue weighted by atomic mass is 31.2. The number of aliphatic hydroxyl groups is 1. The normalized spacial score (nSPS) is 13.8. The Kier molecular flexibility index (Phi) is 72.9. The van der Waals surface area contributed by atoms with Crippen LogP contribution in [0.5, 0.6) is 0 Å². The van der Waals surface area contributed by atoms with Gasteiger partial charge < -0.3 is 33.8 Å². The zero-order valence-electron chi connectivity index (χ0n) is 64.5. The first-order valence-electron chi connectivity index (χ1n) is 41.8. The van der Waals surface area contributed by atoms with Gasteiger partial charge in [-0.2, -0.15) is 0 Å². The van der Waals surface area contributed by atoms with Crippen molar-refractivity contribution in [2.75, 3.05) is 39.6 Å². The first-order valence-corrected chi connectivity index (χ1v) is 44.8. The lowest BCUT2D eigenvalue weighted by molar-refractivity contribution is -0.161. The molecule has 0 heterocycles. The Labute approximate surface area is 607 Å². The molecule has 0 bridgehead atoms. The third kappa shape index (κ3) is 74.1. The van der Waals surface area contributed by atoms with Crippen molar-refractivity contribution in [3.05, 3.63) is 0 Å². The summed E-state index contributed by atoms with van der Waals surface area (Å²) in [6.45, 7) is 5.01. The molecular formula is C80H156O17P2. The van der Waals surface area contributed by atoms with Crippen LogP contribution in [0.15, 0.2) is 0 Å². The van der Waals surface area contributed by atoms with E-state index in [1.807, 2.05) is 0 Å². The van der Waals surface area contributed by atoms with E-state index in [-0.39, 0.29) is 25.7 Å². The Bertz CT molecular complexity index is 1880. The average molecular weight is 1450 g/mol. The predicted octanol–water partition coefficient (Wildman–Crippen LogP) is 24.2. The molecule has 3 N–H and O–H groups in total. The fraction of sp³-hybridized carbons (Fsp3) is 0.950. The quantitative estimate of drug-likeness (QED) is 0.0222. The Morgan fingerprint density at radius 3 is 0.596 bits per heavy atom. The highest BCUT2D eigenvalue weighted by molar-refractivity contribution is 7.47. The Morgan fingerprint density at radius 2 is 0.404 bits per heavy atom. The van der Waals surface area contributed by atoms with Crippen molar-refractivity contribution in [3.63, 3.8) is 0 Å². The van der Waals surface area contributed by atoms with E-state index in [4.69, 9.17) is 37.0 Å². The Morgan fingerprint density at radius 1 is 0.242 bits per heavy atom. The lowest BCUT2D eigenvalue weighted by Gasteiger charge is -2.21. The maximum Gasteiger partial charge on any atom is 0.472 e. The number of aliphatic hydroxyl groups excluding tert-OH is 1. The number of rotatable bonds is 81. The van der Waals surface area contributed by atoms with Crippen molar-refractivity contribution in [2.24, 2.45) is 0 Å². The molecular weight excluding hydrogens is 1290 g/mol. The largest absolute Gasteiger partial charge is 0.472 e. The van der Waals surface area contributed by atoms with Gasteiger partial charge in [-0.1, -0.05) is 381 Å². The third-order valence-corrected chi connectivity index (χ3v) is 20.8.